The molecule has 21 heavy (non-hydrogen) atoms. The molecule has 1 aromatic heterocycles. The normalized spacial score (nSPS) is 11.1. The molecular weight excluding hydrogens is 265 g/mol. The second kappa shape index (κ2) is 6.10. The summed E-state index contributed by atoms with van der Waals surface area (Å²) in [7, 11) is 0. The first-order chi connectivity index (χ1) is 10.3. The molecule has 108 valence electrons. The Hall–Kier alpha value is -2.13. The van der Waals surface area contributed by atoms with Gasteiger partial charge < -0.3 is 9.73 Å². The van der Waals surface area contributed by atoms with Gasteiger partial charge in [-0.05, 0) is 48.9 Å². The molecule has 0 saturated carbocycles. The van der Waals surface area contributed by atoms with Crippen molar-refractivity contribution in [3.63, 3.8) is 0 Å². The van der Waals surface area contributed by atoms with Gasteiger partial charge in [-0.25, -0.2) is 4.39 Å². The minimum Gasteiger partial charge on any atom is -0.456 e. The van der Waals surface area contributed by atoms with Crippen LogP contribution in [0.5, 0.6) is 0 Å². The summed E-state index contributed by atoms with van der Waals surface area (Å²) in [6, 6.07) is 14.7. The van der Waals surface area contributed by atoms with Crippen LogP contribution < -0.4 is 5.32 Å². The van der Waals surface area contributed by atoms with Crippen LogP contribution in [-0.4, -0.2) is 6.54 Å². The largest absolute Gasteiger partial charge is 0.456 e. The predicted molar refractivity (Wildman–Crippen MR) is 83.6 cm³/mol. The topological polar surface area (TPSA) is 25.2 Å². The van der Waals surface area contributed by atoms with Gasteiger partial charge in [0, 0.05) is 17.5 Å². The standard InChI is InChI=1S/C18H18FNO/c1-2-9-20-12-14-10-15(19)7-8-16(14)18-11-13-5-3-4-6-17(13)21-18/h3-8,10-11,20H,2,9,12H2,1H3. The highest BCUT2D eigenvalue weighted by Gasteiger charge is 2.11. The average Bonchev–Trinajstić information content (AvgIpc) is 2.91. The number of hydrogen-bond acceptors (Lipinski definition) is 2. The summed E-state index contributed by atoms with van der Waals surface area (Å²) < 4.78 is 19.4. The van der Waals surface area contributed by atoms with E-state index in [4.69, 9.17) is 4.42 Å². The summed E-state index contributed by atoms with van der Waals surface area (Å²) in [5, 5.41) is 4.37. The minimum atomic E-state index is -0.219. The second-order valence-electron chi connectivity index (χ2n) is 5.13. The van der Waals surface area contributed by atoms with Gasteiger partial charge in [0.15, 0.2) is 0 Å². The minimum absolute atomic E-state index is 0.219. The highest BCUT2D eigenvalue weighted by atomic mass is 19.1. The monoisotopic (exact) mass is 283 g/mol. The molecule has 3 aromatic rings. The Morgan fingerprint density at radius 1 is 1.10 bits per heavy atom. The van der Waals surface area contributed by atoms with Crippen molar-refractivity contribution in [1.29, 1.82) is 0 Å². The van der Waals surface area contributed by atoms with Crippen molar-refractivity contribution in [2.45, 2.75) is 19.9 Å². The summed E-state index contributed by atoms with van der Waals surface area (Å²) >= 11 is 0. The van der Waals surface area contributed by atoms with Gasteiger partial charge in [0.2, 0.25) is 0 Å². The van der Waals surface area contributed by atoms with Crippen LogP contribution in [0.2, 0.25) is 0 Å². The van der Waals surface area contributed by atoms with Crippen LogP contribution in [-0.2, 0) is 6.54 Å². The zero-order chi connectivity index (χ0) is 14.7. The average molecular weight is 283 g/mol. The molecule has 0 spiro atoms. The smallest absolute Gasteiger partial charge is 0.135 e. The fraction of sp³-hybridized carbons (Fsp3) is 0.222. The molecule has 0 unspecified atom stereocenters. The molecule has 2 nitrogen and oxygen atoms in total. The van der Waals surface area contributed by atoms with Crippen molar-refractivity contribution in [3.05, 3.63) is 59.9 Å². The molecule has 2 aromatic carbocycles. The predicted octanol–water partition coefficient (Wildman–Crippen LogP) is 4.74. The van der Waals surface area contributed by atoms with Crippen molar-refractivity contribution in [1.82, 2.24) is 5.32 Å². The number of hydrogen-bond donors (Lipinski definition) is 1. The number of nitrogens with one attached hydrogen (secondary N) is 1. The lowest BCUT2D eigenvalue weighted by Crippen LogP contribution is -2.14. The Morgan fingerprint density at radius 2 is 1.95 bits per heavy atom. The van der Waals surface area contributed by atoms with Crippen molar-refractivity contribution in [3.8, 4) is 11.3 Å². The molecule has 0 amide bonds. The number of para-hydroxylation sites is 1. The van der Waals surface area contributed by atoms with Crippen molar-refractivity contribution < 1.29 is 8.81 Å². The molecule has 0 fully saturated rings. The van der Waals surface area contributed by atoms with Gasteiger partial charge in [0.1, 0.15) is 17.2 Å². The molecule has 0 radical (unpaired) electrons. The SMILES string of the molecule is CCCNCc1cc(F)ccc1-c1cc2ccccc2o1. The highest BCUT2D eigenvalue weighted by Crippen LogP contribution is 2.30. The molecular formula is C18H18FNO. The van der Waals surface area contributed by atoms with E-state index >= 15 is 0 Å². The second-order valence-corrected chi connectivity index (χ2v) is 5.13. The maximum Gasteiger partial charge on any atom is 0.135 e. The van der Waals surface area contributed by atoms with Crippen LogP contribution >= 0.6 is 0 Å². The number of furan rings is 1. The summed E-state index contributed by atoms with van der Waals surface area (Å²) in [6.45, 7) is 3.66. The molecule has 3 heteroatoms. The zero-order valence-electron chi connectivity index (χ0n) is 12.0. The molecule has 0 aliphatic rings. The first-order valence-electron chi connectivity index (χ1n) is 7.26. The quantitative estimate of drug-likeness (QED) is 0.684. The van der Waals surface area contributed by atoms with Gasteiger partial charge in [0.25, 0.3) is 0 Å². The molecule has 1 N–H and O–H groups in total. The van der Waals surface area contributed by atoms with Gasteiger partial charge in [-0.15, -0.1) is 0 Å². The Bertz CT molecular complexity index is 715. The van der Waals surface area contributed by atoms with E-state index in [2.05, 4.69) is 12.2 Å². The third-order valence-corrected chi connectivity index (χ3v) is 3.50. The molecule has 0 bridgehead atoms. The third kappa shape index (κ3) is 2.98. The molecule has 0 aliphatic heterocycles. The molecule has 3 rings (SSSR count). The van der Waals surface area contributed by atoms with E-state index in [-0.39, 0.29) is 5.82 Å². The number of benzene rings is 2. The Kier molecular flexibility index (Phi) is 4.02. The Morgan fingerprint density at radius 3 is 2.76 bits per heavy atom. The van der Waals surface area contributed by atoms with E-state index in [1.54, 1.807) is 12.1 Å². The van der Waals surface area contributed by atoms with E-state index in [1.807, 2.05) is 30.3 Å². The number of fused-ring (bicyclic) bond motifs is 1. The lowest BCUT2D eigenvalue weighted by molar-refractivity contribution is 0.612. The first-order valence-corrected chi connectivity index (χ1v) is 7.26. The summed E-state index contributed by atoms with van der Waals surface area (Å²) in [5.74, 6) is 0.563. The molecule has 1 heterocycles. The van der Waals surface area contributed by atoms with Crippen molar-refractivity contribution in [2.75, 3.05) is 6.54 Å². The lowest BCUT2D eigenvalue weighted by atomic mass is 10.0. The van der Waals surface area contributed by atoms with Crippen LogP contribution in [0.15, 0.2) is 52.9 Å². The maximum absolute atomic E-state index is 13.5. The number of rotatable bonds is 5. The van der Waals surface area contributed by atoms with E-state index in [0.29, 0.717) is 6.54 Å². The van der Waals surface area contributed by atoms with Crippen molar-refractivity contribution in [2.24, 2.45) is 0 Å². The van der Waals surface area contributed by atoms with Crippen LogP contribution in [0.25, 0.3) is 22.3 Å². The van der Waals surface area contributed by atoms with Gasteiger partial charge in [-0.3, -0.25) is 0 Å². The van der Waals surface area contributed by atoms with Crippen molar-refractivity contribution >= 4 is 11.0 Å². The lowest BCUT2D eigenvalue weighted by Gasteiger charge is -2.08. The maximum atomic E-state index is 13.5. The van der Waals surface area contributed by atoms with Crippen LogP contribution in [0.3, 0.4) is 0 Å². The van der Waals surface area contributed by atoms with Gasteiger partial charge >= 0.3 is 0 Å². The van der Waals surface area contributed by atoms with Gasteiger partial charge in [0.05, 0.1) is 0 Å². The fourth-order valence-electron chi connectivity index (χ4n) is 2.46. The van der Waals surface area contributed by atoms with E-state index in [9.17, 15) is 4.39 Å². The van der Waals surface area contributed by atoms with Crippen LogP contribution in [0.1, 0.15) is 18.9 Å². The number of halogens is 1. The van der Waals surface area contributed by atoms with E-state index in [0.717, 1.165) is 40.8 Å². The molecule has 0 aliphatic carbocycles. The third-order valence-electron chi connectivity index (χ3n) is 3.50. The zero-order valence-corrected chi connectivity index (χ0v) is 12.0. The summed E-state index contributed by atoms with van der Waals surface area (Å²) in [5.41, 5.74) is 2.71. The Balaban J connectivity index is 1.99. The molecule has 0 saturated heterocycles. The van der Waals surface area contributed by atoms with Gasteiger partial charge in [-0.1, -0.05) is 25.1 Å². The summed E-state index contributed by atoms with van der Waals surface area (Å²) in [6.07, 6.45) is 1.05. The van der Waals surface area contributed by atoms with Crippen LogP contribution in [0.4, 0.5) is 4.39 Å². The van der Waals surface area contributed by atoms with Crippen LogP contribution in [0, 0.1) is 5.82 Å². The first kappa shape index (κ1) is 13.8. The van der Waals surface area contributed by atoms with Gasteiger partial charge in [-0.2, -0.15) is 0 Å². The molecule has 0 atom stereocenters. The van der Waals surface area contributed by atoms with E-state index < -0.39 is 0 Å². The highest BCUT2D eigenvalue weighted by molar-refractivity contribution is 5.83. The Labute approximate surface area is 123 Å². The fourth-order valence-corrected chi connectivity index (χ4v) is 2.46. The van der Waals surface area contributed by atoms with E-state index in [1.165, 1.54) is 6.07 Å². The summed E-state index contributed by atoms with van der Waals surface area (Å²) in [4.78, 5) is 0.